The summed E-state index contributed by atoms with van der Waals surface area (Å²) in [5.74, 6) is 0.395. The first kappa shape index (κ1) is 20.4. The molecule has 1 aromatic heterocycles. The van der Waals surface area contributed by atoms with Gasteiger partial charge in [0.15, 0.2) is 0 Å². The van der Waals surface area contributed by atoms with Crippen molar-refractivity contribution in [3.05, 3.63) is 88.7 Å². The van der Waals surface area contributed by atoms with Crippen molar-refractivity contribution in [2.75, 3.05) is 31.1 Å². The van der Waals surface area contributed by atoms with Crippen LogP contribution in [-0.2, 0) is 6.54 Å². The second-order valence-corrected chi connectivity index (χ2v) is 8.06. The first-order valence-electron chi connectivity index (χ1n) is 10.5. The maximum atomic E-state index is 10.9. The number of benzene rings is 2. The molecule has 1 saturated heterocycles. The van der Waals surface area contributed by atoms with Crippen LogP contribution in [0.4, 0.5) is 5.69 Å². The quantitative estimate of drug-likeness (QED) is 0.678. The van der Waals surface area contributed by atoms with Crippen molar-refractivity contribution in [1.29, 1.82) is 0 Å². The Morgan fingerprint density at radius 3 is 2.27 bits per heavy atom. The summed E-state index contributed by atoms with van der Waals surface area (Å²) in [5.41, 5.74) is 5.74. The fraction of sp³-hybridized carbons (Fsp3) is 0.320. The normalized spacial score (nSPS) is 15.9. The lowest BCUT2D eigenvalue weighted by molar-refractivity contribution is 0.214. The molecule has 0 aliphatic carbocycles. The Bertz CT molecular complexity index is 975. The highest BCUT2D eigenvalue weighted by atomic mass is 16.3. The molecule has 1 aliphatic rings. The van der Waals surface area contributed by atoms with Gasteiger partial charge in [-0.2, -0.15) is 0 Å². The molecule has 1 fully saturated rings. The Morgan fingerprint density at radius 1 is 0.933 bits per heavy atom. The van der Waals surface area contributed by atoms with E-state index in [1.807, 2.05) is 50.2 Å². The molecule has 5 heteroatoms. The van der Waals surface area contributed by atoms with Crippen LogP contribution in [0.1, 0.15) is 34.1 Å². The number of aliphatic hydroxyl groups is 1. The van der Waals surface area contributed by atoms with Crippen LogP contribution in [0.25, 0.3) is 0 Å². The first-order chi connectivity index (χ1) is 14.5. The van der Waals surface area contributed by atoms with Crippen molar-refractivity contribution in [1.82, 2.24) is 9.88 Å². The minimum atomic E-state index is -0.733. The lowest BCUT2D eigenvalue weighted by atomic mass is 10.0. The predicted molar refractivity (Wildman–Crippen MR) is 120 cm³/mol. The minimum Gasteiger partial charge on any atom is -0.507 e. The van der Waals surface area contributed by atoms with Crippen molar-refractivity contribution >= 4 is 5.69 Å². The van der Waals surface area contributed by atoms with Gasteiger partial charge in [0.1, 0.15) is 11.9 Å². The Kier molecular flexibility index (Phi) is 6.02. The average Bonchev–Trinajstić information content (AvgIpc) is 2.78. The molecule has 156 valence electrons. The van der Waals surface area contributed by atoms with E-state index in [0.717, 1.165) is 55.1 Å². The number of aliphatic hydroxyl groups excluding tert-OH is 1. The molecule has 2 aromatic carbocycles. The molecule has 1 aliphatic heterocycles. The number of phenolic OH excluding ortho intramolecular Hbond substituents is 1. The molecule has 2 heterocycles. The number of aromatic nitrogens is 1. The van der Waals surface area contributed by atoms with Crippen LogP contribution in [0.5, 0.6) is 5.75 Å². The van der Waals surface area contributed by atoms with Gasteiger partial charge in [-0.1, -0.05) is 36.4 Å². The maximum Gasteiger partial charge on any atom is 0.123 e. The van der Waals surface area contributed by atoms with E-state index in [0.29, 0.717) is 11.4 Å². The molecule has 1 unspecified atom stereocenters. The largest absolute Gasteiger partial charge is 0.507 e. The molecule has 30 heavy (non-hydrogen) atoms. The molecule has 3 aromatic rings. The number of aryl methyl sites for hydroxylation is 2. The number of rotatable bonds is 5. The van der Waals surface area contributed by atoms with E-state index in [-0.39, 0.29) is 0 Å². The molecule has 1 atom stereocenters. The zero-order chi connectivity index (χ0) is 21.1. The van der Waals surface area contributed by atoms with Gasteiger partial charge < -0.3 is 15.1 Å². The van der Waals surface area contributed by atoms with Crippen molar-refractivity contribution in [3.8, 4) is 5.75 Å². The number of nitrogens with zero attached hydrogens (tertiary/aromatic N) is 3. The van der Waals surface area contributed by atoms with E-state index in [9.17, 15) is 10.2 Å². The standard InChI is InChI=1S/C25H29N3O2/c1-18-15-20(16-19(2)24(18)29)17-27-11-13-28(14-12-27)23-9-4-3-7-21(23)25(30)22-8-5-6-10-26-22/h3-10,15-16,25,29-30H,11-14,17H2,1-2H3. The Labute approximate surface area is 178 Å². The third-order valence-electron chi connectivity index (χ3n) is 5.87. The second kappa shape index (κ2) is 8.86. The summed E-state index contributed by atoms with van der Waals surface area (Å²) in [5, 5.41) is 20.9. The van der Waals surface area contributed by atoms with Gasteiger partial charge in [0, 0.05) is 50.2 Å². The molecule has 4 rings (SSSR count). The van der Waals surface area contributed by atoms with Gasteiger partial charge in [0.25, 0.3) is 0 Å². The van der Waals surface area contributed by atoms with Crippen LogP contribution in [0.3, 0.4) is 0 Å². The number of hydrogen-bond acceptors (Lipinski definition) is 5. The van der Waals surface area contributed by atoms with Gasteiger partial charge in [-0.25, -0.2) is 0 Å². The molecule has 0 bridgehead atoms. The number of anilines is 1. The van der Waals surface area contributed by atoms with E-state index in [2.05, 4.69) is 33.0 Å². The van der Waals surface area contributed by atoms with Gasteiger partial charge in [0.2, 0.25) is 0 Å². The zero-order valence-electron chi connectivity index (χ0n) is 17.6. The average molecular weight is 404 g/mol. The van der Waals surface area contributed by atoms with E-state index < -0.39 is 6.10 Å². The highest BCUT2D eigenvalue weighted by Gasteiger charge is 2.23. The molecule has 0 saturated carbocycles. The summed E-state index contributed by atoms with van der Waals surface area (Å²) in [4.78, 5) is 9.12. The topological polar surface area (TPSA) is 59.8 Å². The number of para-hydroxylation sites is 1. The first-order valence-corrected chi connectivity index (χ1v) is 10.5. The Balaban J connectivity index is 1.45. The van der Waals surface area contributed by atoms with E-state index in [1.165, 1.54) is 5.56 Å². The molecule has 0 radical (unpaired) electrons. The van der Waals surface area contributed by atoms with Crippen molar-refractivity contribution in [2.24, 2.45) is 0 Å². The number of hydrogen-bond donors (Lipinski definition) is 2. The molecular weight excluding hydrogens is 374 g/mol. The minimum absolute atomic E-state index is 0.395. The van der Waals surface area contributed by atoms with Crippen LogP contribution in [-0.4, -0.2) is 46.3 Å². The molecular formula is C25H29N3O2. The van der Waals surface area contributed by atoms with Crippen molar-refractivity contribution in [3.63, 3.8) is 0 Å². The van der Waals surface area contributed by atoms with Gasteiger partial charge in [-0.15, -0.1) is 0 Å². The monoisotopic (exact) mass is 403 g/mol. The maximum absolute atomic E-state index is 10.9. The van der Waals surface area contributed by atoms with Crippen molar-refractivity contribution in [2.45, 2.75) is 26.5 Å². The van der Waals surface area contributed by atoms with Crippen LogP contribution in [0, 0.1) is 13.8 Å². The van der Waals surface area contributed by atoms with E-state index >= 15 is 0 Å². The molecule has 2 N–H and O–H groups in total. The zero-order valence-corrected chi connectivity index (χ0v) is 17.6. The molecule has 5 nitrogen and oxygen atoms in total. The summed E-state index contributed by atoms with van der Waals surface area (Å²) >= 11 is 0. The van der Waals surface area contributed by atoms with Crippen LogP contribution in [0.2, 0.25) is 0 Å². The molecule has 0 spiro atoms. The smallest absolute Gasteiger partial charge is 0.123 e. The molecule has 0 amide bonds. The van der Waals surface area contributed by atoms with Gasteiger partial charge in [0.05, 0.1) is 5.69 Å². The predicted octanol–water partition coefficient (Wildman–Crippen LogP) is 3.81. The summed E-state index contributed by atoms with van der Waals surface area (Å²) in [6, 6.07) is 17.8. The lowest BCUT2D eigenvalue weighted by Crippen LogP contribution is -2.46. The van der Waals surface area contributed by atoms with Crippen LogP contribution < -0.4 is 4.90 Å². The fourth-order valence-electron chi connectivity index (χ4n) is 4.25. The summed E-state index contributed by atoms with van der Waals surface area (Å²) in [7, 11) is 0. The van der Waals surface area contributed by atoms with Crippen LogP contribution in [0.15, 0.2) is 60.8 Å². The number of pyridine rings is 1. The fourth-order valence-corrected chi connectivity index (χ4v) is 4.25. The van der Waals surface area contributed by atoms with Gasteiger partial charge >= 0.3 is 0 Å². The number of piperazine rings is 1. The summed E-state index contributed by atoms with van der Waals surface area (Å²) < 4.78 is 0. The lowest BCUT2D eigenvalue weighted by Gasteiger charge is -2.37. The van der Waals surface area contributed by atoms with E-state index in [4.69, 9.17) is 0 Å². The Hall–Kier alpha value is -2.89. The summed E-state index contributed by atoms with van der Waals surface area (Å²) in [6.07, 6.45) is 0.982. The highest BCUT2D eigenvalue weighted by Crippen LogP contribution is 2.31. The highest BCUT2D eigenvalue weighted by molar-refractivity contribution is 5.56. The SMILES string of the molecule is Cc1cc(CN2CCN(c3ccccc3C(O)c3ccccn3)CC2)cc(C)c1O. The van der Waals surface area contributed by atoms with Gasteiger partial charge in [-0.05, 0) is 48.7 Å². The van der Waals surface area contributed by atoms with Crippen LogP contribution >= 0.6 is 0 Å². The summed E-state index contributed by atoms with van der Waals surface area (Å²) in [6.45, 7) is 8.50. The van der Waals surface area contributed by atoms with Gasteiger partial charge in [-0.3, -0.25) is 9.88 Å². The third kappa shape index (κ3) is 4.32. The third-order valence-corrected chi connectivity index (χ3v) is 5.87. The van der Waals surface area contributed by atoms with Crippen molar-refractivity contribution < 1.29 is 10.2 Å². The Morgan fingerprint density at radius 2 is 1.60 bits per heavy atom. The number of phenols is 1. The number of aromatic hydroxyl groups is 1. The van der Waals surface area contributed by atoms with E-state index in [1.54, 1.807) is 6.20 Å². The second-order valence-electron chi connectivity index (χ2n) is 8.06.